The molecule has 1 aliphatic rings. The molecule has 0 fully saturated rings. The number of ether oxygens (including phenoxy) is 2. The minimum atomic E-state index is -0.218. The fourth-order valence-corrected chi connectivity index (χ4v) is 3.78. The van der Waals surface area contributed by atoms with Crippen molar-refractivity contribution in [1.82, 2.24) is 5.32 Å². The van der Waals surface area contributed by atoms with Crippen LogP contribution >= 0.6 is 11.6 Å². The van der Waals surface area contributed by atoms with Crippen LogP contribution < -0.4 is 14.8 Å². The Morgan fingerprint density at radius 3 is 2.61 bits per heavy atom. The molecule has 0 aromatic heterocycles. The average molecular weight is 402 g/mol. The average Bonchev–Trinajstić information content (AvgIpc) is 2.72. The lowest BCUT2D eigenvalue weighted by atomic mass is 9.83. The van der Waals surface area contributed by atoms with Crippen LogP contribution in [-0.2, 0) is 4.79 Å². The maximum Gasteiger partial charge on any atom is 0.220 e. The third-order valence-corrected chi connectivity index (χ3v) is 5.70. The zero-order chi connectivity index (χ0) is 20.0. The van der Waals surface area contributed by atoms with Gasteiger partial charge in [-0.1, -0.05) is 43.6 Å². The van der Waals surface area contributed by atoms with Crippen LogP contribution in [-0.4, -0.2) is 18.1 Å². The molecule has 0 saturated heterocycles. The van der Waals surface area contributed by atoms with Crippen molar-refractivity contribution in [1.29, 1.82) is 0 Å². The molecule has 0 spiro atoms. The molecule has 1 N–H and O–H groups in total. The minimum absolute atomic E-state index is 0.0190. The van der Waals surface area contributed by atoms with Crippen LogP contribution in [0.5, 0.6) is 11.5 Å². The van der Waals surface area contributed by atoms with Crippen molar-refractivity contribution in [2.45, 2.75) is 57.6 Å². The summed E-state index contributed by atoms with van der Waals surface area (Å²) in [5.74, 6) is 1.69. The summed E-state index contributed by atoms with van der Waals surface area (Å²) >= 11 is 5.87. The standard InChI is InChI=1S/C23H28ClNO3/c1-3-23(4-2)16-20(19-8-5-6-9-21(19)28-23)25-22(26)10-7-15-27-18-13-11-17(24)12-14-18/h5-6,8-9,11-14,20H,3-4,7,10,15-16H2,1-2H3,(H,25,26)/t20-/m1/s1. The van der Waals surface area contributed by atoms with Gasteiger partial charge in [-0.2, -0.15) is 0 Å². The second-order valence-electron chi connectivity index (χ2n) is 7.26. The van der Waals surface area contributed by atoms with E-state index in [1.807, 2.05) is 36.4 Å². The van der Waals surface area contributed by atoms with Gasteiger partial charge in [0.15, 0.2) is 0 Å². The number of carbonyl (C=O) groups excluding carboxylic acids is 1. The van der Waals surface area contributed by atoms with E-state index in [-0.39, 0.29) is 17.6 Å². The molecule has 2 aromatic carbocycles. The molecule has 0 aliphatic carbocycles. The van der Waals surface area contributed by atoms with Gasteiger partial charge in [-0.25, -0.2) is 0 Å². The number of carbonyl (C=O) groups is 1. The van der Waals surface area contributed by atoms with E-state index in [2.05, 4.69) is 19.2 Å². The summed E-state index contributed by atoms with van der Waals surface area (Å²) in [4.78, 5) is 12.5. The van der Waals surface area contributed by atoms with Gasteiger partial charge in [-0.15, -0.1) is 0 Å². The van der Waals surface area contributed by atoms with Crippen molar-refractivity contribution in [3.05, 3.63) is 59.1 Å². The van der Waals surface area contributed by atoms with Gasteiger partial charge in [-0.3, -0.25) is 4.79 Å². The molecule has 28 heavy (non-hydrogen) atoms. The third kappa shape index (κ3) is 4.99. The van der Waals surface area contributed by atoms with Crippen molar-refractivity contribution in [2.75, 3.05) is 6.61 Å². The lowest BCUT2D eigenvalue weighted by Gasteiger charge is -2.41. The number of amides is 1. The van der Waals surface area contributed by atoms with Gasteiger partial charge in [0, 0.05) is 23.4 Å². The summed E-state index contributed by atoms with van der Waals surface area (Å²) in [5.41, 5.74) is 0.843. The molecular formula is C23H28ClNO3. The Kier molecular flexibility index (Phi) is 6.84. The predicted octanol–water partition coefficient (Wildman–Crippen LogP) is 5.70. The maximum absolute atomic E-state index is 12.5. The molecule has 0 radical (unpaired) electrons. The fourth-order valence-electron chi connectivity index (χ4n) is 3.65. The van der Waals surface area contributed by atoms with E-state index in [0.29, 0.717) is 24.5 Å². The zero-order valence-electron chi connectivity index (χ0n) is 16.5. The molecule has 1 atom stereocenters. The molecule has 0 unspecified atom stereocenters. The monoisotopic (exact) mass is 401 g/mol. The molecule has 2 aromatic rings. The van der Waals surface area contributed by atoms with Crippen molar-refractivity contribution in [3.63, 3.8) is 0 Å². The maximum atomic E-state index is 12.5. The van der Waals surface area contributed by atoms with Gasteiger partial charge < -0.3 is 14.8 Å². The quantitative estimate of drug-likeness (QED) is 0.577. The number of hydrogen-bond acceptors (Lipinski definition) is 3. The van der Waals surface area contributed by atoms with Crippen LogP contribution in [0.2, 0.25) is 5.02 Å². The Hall–Kier alpha value is -2.20. The van der Waals surface area contributed by atoms with E-state index in [9.17, 15) is 4.79 Å². The van der Waals surface area contributed by atoms with Gasteiger partial charge in [0.25, 0.3) is 0 Å². The van der Waals surface area contributed by atoms with Crippen molar-refractivity contribution >= 4 is 17.5 Å². The summed E-state index contributed by atoms with van der Waals surface area (Å²) < 4.78 is 12.0. The summed E-state index contributed by atoms with van der Waals surface area (Å²) in [6.45, 7) is 4.78. The molecule has 5 heteroatoms. The first-order valence-corrected chi connectivity index (χ1v) is 10.4. The molecule has 4 nitrogen and oxygen atoms in total. The molecule has 1 heterocycles. The molecule has 150 valence electrons. The van der Waals surface area contributed by atoms with E-state index in [0.717, 1.165) is 36.3 Å². The van der Waals surface area contributed by atoms with Crippen molar-refractivity contribution < 1.29 is 14.3 Å². The van der Waals surface area contributed by atoms with Gasteiger partial charge in [0.1, 0.15) is 17.1 Å². The second-order valence-corrected chi connectivity index (χ2v) is 7.70. The SMILES string of the molecule is CCC1(CC)C[C@@H](NC(=O)CCCOc2ccc(Cl)cc2)c2ccccc2O1. The molecule has 1 aliphatic heterocycles. The van der Waals surface area contributed by atoms with Crippen LogP contribution in [0, 0.1) is 0 Å². The highest BCUT2D eigenvalue weighted by Gasteiger charge is 2.38. The summed E-state index contributed by atoms with van der Waals surface area (Å²) in [6.07, 6.45) is 3.71. The Morgan fingerprint density at radius 1 is 1.18 bits per heavy atom. The number of fused-ring (bicyclic) bond motifs is 1. The first-order chi connectivity index (χ1) is 13.5. The molecule has 0 saturated carbocycles. The number of hydrogen-bond donors (Lipinski definition) is 1. The summed E-state index contributed by atoms with van der Waals surface area (Å²) in [6, 6.07) is 15.2. The van der Waals surface area contributed by atoms with E-state index in [4.69, 9.17) is 21.1 Å². The summed E-state index contributed by atoms with van der Waals surface area (Å²) in [5, 5.41) is 3.89. The molecule has 3 rings (SSSR count). The van der Waals surface area contributed by atoms with Crippen LogP contribution in [0.15, 0.2) is 48.5 Å². The Morgan fingerprint density at radius 2 is 1.89 bits per heavy atom. The zero-order valence-corrected chi connectivity index (χ0v) is 17.3. The molecule has 0 bridgehead atoms. The highest BCUT2D eigenvalue weighted by Crippen LogP contribution is 2.42. The van der Waals surface area contributed by atoms with Crippen molar-refractivity contribution in [3.8, 4) is 11.5 Å². The van der Waals surface area contributed by atoms with Crippen molar-refractivity contribution in [2.24, 2.45) is 0 Å². The Bertz CT molecular complexity index is 787. The predicted molar refractivity (Wildman–Crippen MR) is 112 cm³/mol. The molecule has 1 amide bonds. The van der Waals surface area contributed by atoms with Crippen LogP contribution in [0.1, 0.15) is 57.6 Å². The number of halogens is 1. The lowest BCUT2D eigenvalue weighted by molar-refractivity contribution is -0.122. The Balaban J connectivity index is 1.54. The Labute approximate surface area is 172 Å². The first-order valence-electron chi connectivity index (χ1n) is 10.0. The van der Waals surface area contributed by atoms with Gasteiger partial charge in [0.05, 0.1) is 12.6 Å². The first kappa shape index (κ1) is 20.5. The number of rotatable bonds is 8. The largest absolute Gasteiger partial charge is 0.494 e. The highest BCUT2D eigenvalue weighted by atomic mass is 35.5. The molecular weight excluding hydrogens is 374 g/mol. The van der Waals surface area contributed by atoms with Crippen LogP contribution in [0.4, 0.5) is 0 Å². The van der Waals surface area contributed by atoms with Crippen LogP contribution in [0.25, 0.3) is 0 Å². The second kappa shape index (κ2) is 9.33. The smallest absolute Gasteiger partial charge is 0.220 e. The fraction of sp³-hybridized carbons (Fsp3) is 0.435. The number of benzene rings is 2. The van der Waals surface area contributed by atoms with Gasteiger partial charge >= 0.3 is 0 Å². The van der Waals surface area contributed by atoms with E-state index in [1.165, 1.54) is 0 Å². The normalized spacial score (nSPS) is 17.3. The third-order valence-electron chi connectivity index (χ3n) is 5.45. The highest BCUT2D eigenvalue weighted by molar-refractivity contribution is 6.30. The van der Waals surface area contributed by atoms with Crippen LogP contribution in [0.3, 0.4) is 0 Å². The summed E-state index contributed by atoms with van der Waals surface area (Å²) in [7, 11) is 0. The van der Waals surface area contributed by atoms with Gasteiger partial charge in [0.2, 0.25) is 5.91 Å². The lowest BCUT2D eigenvalue weighted by Crippen LogP contribution is -2.44. The number of para-hydroxylation sites is 1. The van der Waals surface area contributed by atoms with E-state index < -0.39 is 0 Å². The number of nitrogens with one attached hydrogen (secondary N) is 1. The topological polar surface area (TPSA) is 47.6 Å². The van der Waals surface area contributed by atoms with E-state index in [1.54, 1.807) is 12.1 Å². The van der Waals surface area contributed by atoms with E-state index >= 15 is 0 Å². The minimum Gasteiger partial charge on any atom is -0.494 e. The van der Waals surface area contributed by atoms with Gasteiger partial charge in [-0.05, 0) is 49.6 Å².